The maximum absolute atomic E-state index is 5.31. The monoisotopic (exact) mass is 261 g/mol. The first kappa shape index (κ1) is 14.4. The standard InChI is InChI=1S/C17H27NO/c1-4-13-8-9-15(10-13)17(18-2)12-14-6-5-7-16(11-14)19-3/h5-7,11,13,15,17-18H,4,8-10,12H2,1-3H3. The summed E-state index contributed by atoms with van der Waals surface area (Å²) in [6, 6.07) is 9.07. The molecule has 0 aromatic heterocycles. The van der Waals surface area contributed by atoms with E-state index in [1.807, 2.05) is 6.07 Å². The van der Waals surface area contributed by atoms with E-state index in [2.05, 4.69) is 37.5 Å². The number of rotatable bonds is 6. The quantitative estimate of drug-likeness (QED) is 0.844. The molecular formula is C17H27NO. The Morgan fingerprint density at radius 3 is 2.84 bits per heavy atom. The highest BCUT2D eigenvalue weighted by Crippen LogP contribution is 2.35. The molecule has 106 valence electrons. The van der Waals surface area contributed by atoms with E-state index < -0.39 is 0 Å². The number of hydrogen-bond acceptors (Lipinski definition) is 2. The molecular weight excluding hydrogens is 234 g/mol. The third kappa shape index (κ3) is 3.73. The van der Waals surface area contributed by atoms with Gasteiger partial charge in [0.25, 0.3) is 0 Å². The van der Waals surface area contributed by atoms with Gasteiger partial charge in [0.05, 0.1) is 7.11 Å². The number of methoxy groups -OCH3 is 1. The summed E-state index contributed by atoms with van der Waals surface area (Å²) in [5.74, 6) is 2.75. The second-order valence-corrected chi connectivity index (χ2v) is 5.80. The molecule has 0 saturated heterocycles. The molecule has 19 heavy (non-hydrogen) atoms. The normalized spacial score (nSPS) is 24.4. The van der Waals surface area contributed by atoms with Crippen LogP contribution in [0.5, 0.6) is 5.75 Å². The van der Waals surface area contributed by atoms with Crippen molar-refractivity contribution in [2.75, 3.05) is 14.2 Å². The van der Waals surface area contributed by atoms with Crippen molar-refractivity contribution in [1.82, 2.24) is 5.32 Å². The zero-order valence-corrected chi connectivity index (χ0v) is 12.5. The molecule has 2 rings (SSSR count). The van der Waals surface area contributed by atoms with Gasteiger partial charge in [0, 0.05) is 6.04 Å². The van der Waals surface area contributed by atoms with Gasteiger partial charge in [-0.25, -0.2) is 0 Å². The van der Waals surface area contributed by atoms with Crippen LogP contribution in [-0.2, 0) is 6.42 Å². The van der Waals surface area contributed by atoms with Gasteiger partial charge in [0.1, 0.15) is 5.75 Å². The van der Waals surface area contributed by atoms with Gasteiger partial charge in [0.15, 0.2) is 0 Å². The van der Waals surface area contributed by atoms with Crippen LogP contribution in [0.1, 0.15) is 38.2 Å². The van der Waals surface area contributed by atoms with E-state index in [0.717, 1.165) is 24.0 Å². The Morgan fingerprint density at radius 2 is 2.21 bits per heavy atom. The largest absolute Gasteiger partial charge is 0.497 e. The zero-order valence-electron chi connectivity index (χ0n) is 12.5. The summed E-state index contributed by atoms with van der Waals surface area (Å²) in [5, 5.41) is 3.53. The minimum absolute atomic E-state index is 0.601. The molecule has 3 atom stereocenters. The summed E-state index contributed by atoms with van der Waals surface area (Å²) in [7, 11) is 3.83. The van der Waals surface area contributed by atoms with Crippen molar-refractivity contribution in [3.8, 4) is 5.75 Å². The lowest BCUT2D eigenvalue weighted by Gasteiger charge is -2.23. The van der Waals surface area contributed by atoms with Crippen molar-refractivity contribution in [3.05, 3.63) is 29.8 Å². The fraction of sp³-hybridized carbons (Fsp3) is 0.647. The lowest BCUT2D eigenvalue weighted by atomic mass is 9.91. The van der Waals surface area contributed by atoms with E-state index in [9.17, 15) is 0 Å². The van der Waals surface area contributed by atoms with E-state index in [4.69, 9.17) is 4.74 Å². The third-order valence-electron chi connectivity index (χ3n) is 4.69. The molecule has 0 radical (unpaired) electrons. The van der Waals surface area contributed by atoms with Crippen molar-refractivity contribution >= 4 is 0 Å². The average molecular weight is 261 g/mol. The van der Waals surface area contributed by atoms with Crippen LogP contribution in [0.3, 0.4) is 0 Å². The Bertz CT molecular complexity index is 391. The predicted molar refractivity (Wildman–Crippen MR) is 80.7 cm³/mol. The van der Waals surface area contributed by atoms with Gasteiger partial charge < -0.3 is 10.1 Å². The molecule has 0 amide bonds. The summed E-state index contributed by atoms with van der Waals surface area (Å²) in [5.41, 5.74) is 1.37. The van der Waals surface area contributed by atoms with E-state index in [1.165, 1.54) is 31.2 Å². The molecule has 1 fully saturated rings. The molecule has 1 aliphatic carbocycles. The number of nitrogens with one attached hydrogen (secondary N) is 1. The van der Waals surface area contributed by atoms with Gasteiger partial charge in [-0.15, -0.1) is 0 Å². The average Bonchev–Trinajstić information content (AvgIpc) is 2.93. The minimum Gasteiger partial charge on any atom is -0.497 e. The van der Waals surface area contributed by atoms with Gasteiger partial charge in [-0.2, -0.15) is 0 Å². The van der Waals surface area contributed by atoms with Crippen LogP contribution in [0.25, 0.3) is 0 Å². The van der Waals surface area contributed by atoms with Crippen molar-refractivity contribution < 1.29 is 4.74 Å². The minimum atomic E-state index is 0.601. The van der Waals surface area contributed by atoms with Gasteiger partial charge in [-0.1, -0.05) is 31.9 Å². The summed E-state index contributed by atoms with van der Waals surface area (Å²) in [6.45, 7) is 2.32. The topological polar surface area (TPSA) is 21.3 Å². The maximum atomic E-state index is 5.31. The molecule has 1 saturated carbocycles. The first-order valence-electron chi connectivity index (χ1n) is 7.57. The van der Waals surface area contributed by atoms with Gasteiger partial charge in [0.2, 0.25) is 0 Å². The van der Waals surface area contributed by atoms with Crippen molar-refractivity contribution in [1.29, 1.82) is 0 Å². The zero-order chi connectivity index (χ0) is 13.7. The molecule has 0 spiro atoms. The Labute approximate surface area is 117 Å². The molecule has 2 heteroatoms. The Hall–Kier alpha value is -1.02. The lowest BCUT2D eigenvalue weighted by Crippen LogP contribution is -2.34. The highest BCUT2D eigenvalue weighted by atomic mass is 16.5. The van der Waals surface area contributed by atoms with Crippen molar-refractivity contribution in [3.63, 3.8) is 0 Å². The number of ether oxygens (including phenoxy) is 1. The number of likely N-dealkylation sites (N-methyl/N-ethyl adjacent to an activating group) is 1. The molecule has 0 bridgehead atoms. The lowest BCUT2D eigenvalue weighted by molar-refractivity contribution is 0.361. The first-order valence-corrected chi connectivity index (χ1v) is 7.57. The Kier molecular flexibility index (Phi) is 5.26. The fourth-order valence-electron chi connectivity index (χ4n) is 3.41. The summed E-state index contributed by atoms with van der Waals surface area (Å²) in [6.07, 6.45) is 6.64. The number of benzene rings is 1. The van der Waals surface area contributed by atoms with Crippen LogP contribution in [0.15, 0.2) is 24.3 Å². The molecule has 2 nitrogen and oxygen atoms in total. The Morgan fingerprint density at radius 1 is 1.37 bits per heavy atom. The SMILES string of the molecule is CCC1CCC(C(Cc2cccc(OC)c2)NC)C1. The van der Waals surface area contributed by atoms with Crippen LogP contribution in [0.2, 0.25) is 0 Å². The smallest absolute Gasteiger partial charge is 0.119 e. The van der Waals surface area contributed by atoms with E-state index in [0.29, 0.717) is 6.04 Å². The van der Waals surface area contributed by atoms with Crippen LogP contribution in [0.4, 0.5) is 0 Å². The molecule has 1 aromatic rings. The highest BCUT2D eigenvalue weighted by Gasteiger charge is 2.29. The van der Waals surface area contributed by atoms with Gasteiger partial charge in [-0.05, 0) is 55.8 Å². The Balaban J connectivity index is 1.98. The second kappa shape index (κ2) is 6.95. The second-order valence-electron chi connectivity index (χ2n) is 5.80. The summed E-state index contributed by atoms with van der Waals surface area (Å²) < 4.78 is 5.31. The van der Waals surface area contributed by atoms with Crippen LogP contribution in [0, 0.1) is 11.8 Å². The molecule has 1 aromatic carbocycles. The predicted octanol–water partition coefficient (Wildman–Crippen LogP) is 3.65. The van der Waals surface area contributed by atoms with Crippen molar-refractivity contribution in [2.24, 2.45) is 11.8 Å². The number of hydrogen-bond donors (Lipinski definition) is 1. The molecule has 0 aliphatic heterocycles. The van der Waals surface area contributed by atoms with Crippen LogP contribution >= 0.6 is 0 Å². The van der Waals surface area contributed by atoms with E-state index >= 15 is 0 Å². The van der Waals surface area contributed by atoms with E-state index in [1.54, 1.807) is 7.11 Å². The van der Waals surface area contributed by atoms with Gasteiger partial charge in [-0.3, -0.25) is 0 Å². The van der Waals surface area contributed by atoms with Gasteiger partial charge >= 0.3 is 0 Å². The van der Waals surface area contributed by atoms with Crippen LogP contribution < -0.4 is 10.1 Å². The summed E-state index contributed by atoms with van der Waals surface area (Å²) in [4.78, 5) is 0. The molecule has 0 heterocycles. The molecule has 1 N–H and O–H groups in total. The fourth-order valence-corrected chi connectivity index (χ4v) is 3.41. The highest BCUT2D eigenvalue weighted by molar-refractivity contribution is 5.29. The van der Waals surface area contributed by atoms with Crippen molar-refractivity contribution in [2.45, 2.75) is 45.1 Å². The molecule has 3 unspecified atom stereocenters. The van der Waals surface area contributed by atoms with E-state index in [-0.39, 0.29) is 0 Å². The first-order chi connectivity index (χ1) is 9.26. The maximum Gasteiger partial charge on any atom is 0.119 e. The summed E-state index contributed by atoms with van der Waals surface area (Å²) >= 11 is 0. The van der Waals surface area contributed by atoms with Crippen LogP contribution in [-0.4, -0.2) is 20.2 Å². The molecule has 1 aliphatic rings. The third-order valence-corrected chi connectivity index (χ3v) is 4.69.